The maximum atomic E-state index is 12.0. The Morgan fingerprint density at radius 3 is 2.58 bits per heavy atom. The van der Waals surface area contributed by atoms with Crippen molar-refractivity contribution in [2.75, 3.05) is 5.32 Å². The Bertz CT molecular complexity index is 587. The van der Waals surface area contributed by atoms with Gasteiger partial charge >= 0.3 is 0 Å². The lowest BCUT2D eigenvalue weighted by Crippen LogP contribution is -2.15. The number of benzene rings is 2. The maximum absolute atomic E-state index is 12.0. The summed E-state index contributed by atoms with van der Waals surface area (Å²) in [6.45, 7) is 4.02. The van der Waals surface area contributed by atoms with Gasteiger partial charge in [0.25, 0.3) is 0 Å². The number of nitrogens with one attached hydrogen (secondary N) is 1. The van der Waals surface area contributed by atoms with Gasteiger partial charge in [0, 0.05) is 10.2 Å². The van der Waals surface area contributed by atoms with Gasteiger partial charge in [-0.2, -0.15) is 0 Å². The average molecular weight is 318 g/mol. The zero-order valence-corrected chi connectivity index (χ0v) is 12.6. The van der Waals surface area contributed by atoms with E-state index in [2.05, 4.69) is 21.2 Å². The SMILES string of the molecule is Cc1cc(Br)cc(NC(=O)Cc2ccccc2C)c1. The van der Waals surface area contributed by atoms with Gasteiger partial charge in [0.1, 0.15) is 0 Å². The minimum absolute atomic E-state index is 0.00630. The highest BCUT2D eigenvalue weighted by atomic mass is 79.9. The van der Waals surface area contributed by atoms with Crippen molar-refractivity contribution < 1.29 is 4.79 Å². The third-order valence-corrected chi connectivity index (χ3v) is 3.40. The van der Waals surface area contributed by atoms with Crippen molar-refractivity contribution in [2.45, 2.75) is 20.3 Å². The number of hydrogen-bond donors (Lipinski definition) is 1. The molecule has 2 rings (SSSR count). The van der Waals surface area contributed by atoms with Crippen LogP contribution < -0.4 is 5.32 Å². The largest absolute Gasteiger partial charge is 0.326 e. The van der Waals surface area contributed by atoms with E-state index in [1.54, 1.807) is 0 Å². The second-order valence-electron chi connectivity index (χ2n) is 4.67. The molecule has 2 aromatic carbocycles. The summed E-state index contributed by atoms with van der Waals surface area (Å²) in [6, 6.07) is 13.8. The topological polar surface area (TPSA) is 29.1 Å². The Morgan fingerprint density at radius 2 is 1.89 bits per heavy atom. The number of anilines is 1. The average Bonchev–Trinajstić information content (AvgIpc) is 2.30. The van der Waals surface area contributed by atoms with Crippen LogP contribution >= 0.6 is 15.9 Å². The molecule has 2 nitrogen and oxygen atoms in total. The van der Waals surface area contributed by atoms with Crippen LogP contribution in [0.15, 0.2) is 46.9 Å². The van der Waals surface area contributed by atoms with E-state index in [1.807, 2.05) is 56.3 Å². The summed E-state index contributed by atoms with van der Waals surface area (Å²) < 4.78 is 0.971. The van der Waals surface area contributed by atoms with Crippen LogP contribution in [0.25, 0.3) is 0 Å². The molecule has 2 aromatic rings. The van der Waals surface area contributed by atoms with E-state index in [9.17, 15) is 4.79 Å². The van der Waals surface area contributed by atoms with Crippen LogP contribution in [0.4, 0.5) is 5.69 Å². The summed E-state index contributed by atoms with van der Waals surface area (Å²) >= 11 is 3.43. The second-order valence-corrected chi connectivity index (χ2v) is 5.58. The van der Waals surface area contributed by atoms with E-state index >= 15 is 0 Å². The monoisotopic (exact) mass is 317 g/mol. The number of hydrogen-bond acceptors (Lipinski definition) is 1. The Morgan fingerprint density at radius 1 is 1.16 bits per heavy atom. The fourth-order valence-electron chi connectivity index (χ4n) is 2.00. The molecule has 0 aliphatic rings. The van der Waals surface area contributed by atoms with E-state index < -0.39 is 0 Å². The van der Waals surface area contributed by atoms with Gasteiger partial charge in [-0.25, -0.2) is 0 Å². The van der Waals surface area contributed by atoms with Crippen molar-refractivity contribution in [3.63, 3.8) is 0 Å². The Balaban J connectivity index is 2.07. The molecule has 0 fully saturated rings. The molecule has 0 aromatic heterocycles. The lowest BCUT2D eigenvalue weighted by molar-refractivity contribution is -0.115. The molecule has 0 spiro atoms. The molecule has 0 bridgehead atoms. The molecule has 0 aliphatic carbocycles. The molecule has 1 N–H and O–H groups in total. The zero-order valence-electron chi connectivity index (χ0n) is 11.0. The maximum Gasteiger partial charge on any atom is 0.228 e. The molecule has 1 amide bonds. The lowest BCUT2D eigenvalue weighted by Gasteiger charge is -2.08. The first-order valence-electron chi connectivity index (χ1n) is 6.16. The van der Waals surface area contributed by atoms with E-state index in [4.69, 9.17) is 0 Å². The van der Waals surface area contributed by atoms with Crippen LogP contribution in [-0.4, -0.2) is 5.91 Å². The fourth-order valence-corrected chi connectivity index (χ4v) is 2.60. The molecule has 0 radical (unpaired) electrons. The normalized spacial score (nSPS) is 10.3. The van der Waals surface area contributed by atoms with Crippen molar-refractivity contribution in [3.05, 3.63) is 63.6 Å². The number of rotatable bonds is 3. The zero-order chi connectivity index (χ0) is 13.8. The van der Waals surface area contributed by atoms with Crippen LogP contribution in [-0.2, 0) is 11.2 Å². The highest BCUT2D eigenvalue weighted by Gasteiger charge is 2.06. The van der Waals surface area contributed by atoms with Crippen LogP contribution in [0.1, 0.15) is 16.7 Å². The van der Waals surface area contributed by atoms with Gasteiger partial charge in [0.15, 0.2) is 0 Å². The number of aryl methyl sites for hydroxylation is 2. The van der Waals surface area contributed by atoms with E-state index in [0.29, 0.717) is 6.42 Å². The Labute approximate surface area is 122 Å². The van der Waals surface area contributed by atoms with E-state index in [-0.39, 0.29) is 5.91 Å². The highest BCUT2D eigenvalue weighted by molar-refractivity contribution is 9.10. The molecule has 0 unspecified atom stereocenters. The molecule has 0 aliphatic heterocycles. The summed E-state index contributed by atoms with van der Waals surface area (Å²) in [7, 11) is 0. The van der Waals surface area contributed by atoms with Crippen molar-refractivity contribution in [1.29, 1.82) is 0 Å². The Hall–Kier alpha value is -1.61. The predicted octanol–water partition coefficient (Wildman–Crippen LogP) is 4.25. The van der Waals surface area contributed by atoms with E-state index in [0.717, 1.165) is 26.9 Å². The molecule has 0 saturated heterocycles. The van der Waals surface area contributed by atoms with Gasteiger partial charge in [-0.15, -0.1) is 0 Å². The molecule has 98 valence electrons. The summed E-state index contributed by atoms with van der Waals surface area (Å²) in [5.74, 6) is 0.00630. The smallest absolute Gasteiger partial charge is 0.228 e. The molecule has 3 heteroatoms. The van der Waals surface area contributed by atoms with Gasteiger partial charge in [0.05, 0.1) is 6.42 Å². The van der Waals surface area contributed by atoms with Gasteiger partial charge in [-0.1, -0.05) is 40.2 Å². The van der Waals surface area contributed by atoms with Gasteiger partial charge in [-0.3, -0.25) is 4.79 Å². The molecular formula is C16H16BrNO. The molecule has 19 heavy (non-hydrogen) atoms. The lowest BCUT2D eigenvalue weighted by atomic mass is 10.1. The van der Waals surface area contributed by atoms with Crippen molar-refractivity contribution in [1.82, 2.24) is 0 Å². The first kappa shape index (κ1) is 13.8. The molecular weight excluding hydrogens is 302 g/mol. The van der Waals surface area contributed by atoms with Crippen LogP contribution in [0.5, 0.6) is 0 Å². The Kier molecular flexibility index (Phi) is 4.38. The third-order valence-electron chi connectivity index (χ3n) is 2.94. The molecule has 0 heterocycles. The highest BCUT2D eigenvalue weighted by Crippen LogP contribution is 2.19. The van der Waals surface area contributed by atoms with Gasteiger partial charge in [-0.05, 0) is 48.7 Å². The van der Waals surface area contributed by atoms with Gasteiger partial charge < -0.3 is 5.32 Å². The van der Waals surface area contributed by atoms with Crippen molar-refractivity contribution >= 4 is 27.5 Å². The van der Waals surface area contributed by atoms with Crippen LogP contribution in [0, 0.1) is 13.8 Å². The summed E-state index contributed by atoms with van der Waals surface area (Å²) in [5, 5.41) is 2.93. The first-order chi connectivity index (χ1) is 9.04. The summed E-state index contributed by atoms with van der Waals surface area (Å²) in [4.78, 5) is 12.0. The van der Waals surface area contributed by atoms with Crippen molar-refractivity contribution in [2.24, 2.45) is 0 Å². The number of carbonyl (C=O) groups is 1. The summed E-state index contributed by atoms with van der Waals surface area (Å²) in [5.41, 5.74) is 4.14. The standard InChI is InChI=1S/C16H16BrNO/c1-11-7-14(17)10-15(8-11)18-16(19)9-13-6-4-3-5-12(13)2/h3-8,10H,9H2,1-2H3,(H,18,19). The van der Waals surface area contributed by atoms with Crippen LogP contribution in [0.3, 0.4) is 0 Å². The number of carbonyl (C=O) groups excluding carboxylic acids is 1. The minimum atomic E-state index is 0.00630. The summed E-state index contributed by atoms with van der Waals surface area (Å²) in [6.07, 6.45) is 0.401. The van der Waals surface area contributed by atoms with E-state index in [1.165, 1.54) is 0 Å². The van der Waals surface area contributed by atoms with Crippen molar-refractivity contribution in [3.8, 4) is 0 Å². The van der Waals surface area contributed by atoms with Gasteiger partial charge in [0.2, 0.25) is 5.91 Å². The third kappa shape index (κ3) is 3.93. The van der Waals surface area contributed by atoms with Crippen LogP contribution in [0.2, 0.25) is 0 Å². The second kappa shape index (κ2) is 6.02. The number of amides is 1. The minimum Gasteiger partial charge on any atom is -0.326 e. The first-order valence-corrected chi connectivity index (χ1v) is 6.95. The molecule has 0 saturated carbocycles. The molecule has 0 atom stereocenters. The predicted molar refractivity (Wildman–Crippen MR) is 82.4 cm³/mol. The quantitative estimate of drug-likeness (QED) is 0.901. The fraction of sp³-hybridized carbons (Fsp3) is 0.188. The number of halogens is 1.